The minimum absolute atomic E-state index is 0.193. The van der Waals surface area contributed by atoms with Crippen molar-refractivity contribution in [2.45, 2.75) is 0 Å². The zero-order chi connectivity index (χ0) is 7.98. The highest BCUT2D eigenvalue weighted by Gasteiger charge is 2.12. The maximum Gasteiger partial charge on any atom is 0.314 e. The van der Waals surface area contributed by atoms with Gasteiger partial charge < -0.3 is 13.8 Å². The van der Waals surface area contributed by atoms with Crippen molar-refractivity contribution in [1.29, 1.82) is 0 Å². The molecule has 0 spiro atoms. The van der Waals surface area contributed by atoms with Crippen LogP contribution < -0.4 is 0 Å². The summed E-state index contributed by atoms with van der Waals surface area (Å²) in [5.74, 6) is -0.310. The van der Waals surface area contributed by atoms with Gasteiger partial charge in [0.2, 0.25) is 0 Å². The molecular formula is C5H11O4P. The summed E-state index contributed by atoms with van der Waals surface area (Å²) in [6, 6.07) is 0. The van der Waals surface area contributed by atoms with Crippen molar-refractivity contribution in [3.8, 4) is 0 Å². The molecule has 0 saturated heterocycles. The molecule has 4 nitrogen and oxygen atoms in total. The Bertz CT molecular complexity index is 102. The summed E-state index contributed by atoms with van der Waals surface area (Å²) in [5, 5.41) is 0. The highest BCUT2D eigenvalue weighted by molar-refractivity contribution is 7.48. The molecule has 0 atom stereocenters. The first-order chi connectivity index (χ1) is 4.74. The Kier molecular flexibility index (Phi) is 5.49. The van der Waals surface area contributed by atoms with Crippen molar-refractivity contribution >= 4 is 14.3 Å². The zero-order valence-corrected chi connectivity index (χ0v) is 7.18. The quantitative estimate of drug-likeness (QED) is 0.457. The van der Waals surface area contributed by atoms with Crippen LogP contribution in [0, 0.1) is 0 Å². The van der Waals surface area contributed by atoms with Gasteiger partial charge in [-0.2, -0.15) is 0 Å². The third-order valence-corrected chi connectivity index (χ3v) is 2.22. The monoisotopic (exact) mass is 166 g/mol. The molecule has 0 rings (SSSR count). The molecule has 0 saturated carbocycles. The van der Waals surface area contributed by atoms with Crippen molar-refractivity contribution in [3.05, 3.63) is 0 Å². The van der Waals surface area contributed by atoms with E-state index in [1.165, 1.54) is 21.3 Å². The predicted octanol–water partition coefficient (Wildman–Crippen LogP) is 0.764. The molecule has 0 amide bonds. The lowest BCUT2D eigenvalue weighted by Gasteiger charge is -2.09. The molecular weight excluding hydrogens is 155 g/mol. The summed E-state index contributed by atoms with van der Waals surface area (Å²) in [6.45, 7) is 0. The molecule has 0 aliphatic carbocycles. The molecule has 0 N–H and O–H groups in total. The Morgan fingerprint density at radius 2 is 1.80 bits per heavy atom. The first-order valence-corrected chi connectivity index (χ1v) is 4.03. The fourth-order valence-electron chi connectivity index (χ4n) is 0.374. The van der Waals surface area contributed by atoms with Crippen LogP contribution in [0.4, 0.5) is 0 Å². The number of carbonyl (C=O) groups is 1. The molecule has 10 heavy (non-hydrogen) atoms. The minimum Gasteiger partial charge on any atom is -0.469 e. The maximum absolute atomic E-state index is 10.6. The zero-order valence-electron chi connectivity index (χ0n) is 6.29. The Morgan fingerprint density at radius 3 is 2.10 bits per heavy atom. The van der Waals surface area contributed by atoms with Gasteiger partial charge in [-0.1, -0.05) is 0 Å². The molecule has 60 valence electrons. The minimum atomic E-state index is -1.08. The largest absolute Gasteiger partial charge is 0.469 e. The number of esters is 1. The summed E-state index contributed by atoms with van der Waals surface area (Å²) in [5.41, 5.74) is 0. The summed E-state index contributed by atoms with van der Waals surface area (Å²) in [6.07, 6.45) is 0.193. The summed E-state index contributed by atoms with van der Waals surface area (Å²) in [4.78, 5) is 10.6. The van der Waals surface area contributed by atoms with Gasteiger partial charge in [-0.15, -0.1) is 0 Å². The molecule has 0 radical (unpaired) electrons. The van der Waals surface area contributed by atoms with Crippen LogP contribution in [0.5, 0.6) is 0 Å². The van der Waals surface area contributed by atoms with Crippen molar-refractivity contribution in [1.82, 2.24) is 0 Å². The fourth-order valence-corrected chi connectivity index (χ4v) is 1.12. The van der Waals surface area contributed by atoms with Gasteiger partial charge in [0.1, 0.15) is 6.16 Å². The average Bonchev–Trinajstić information content (AvgIpc) is 1.99. The third-order valence-electron chi connectivity index (χ3n) is 0.893. The molecule has 0 aliphatic rings. The van der Waals surface area contributed by atoms with Crippen molar-refractivity contribution in [3.63, 3.8) is 0 Å². The molecule has 0 aliphatic heterocycles. The number of methoxy groups -OCH3 is 1. The Morgan fingerprint density at radius 1 is 1.30 bits per heavy atom. The molecule has 0 unspecified atom stereocenters. The van der Waals surface area contributed by atoms with Gasteiger partial charge in [0.15, 0.2) is 8.38 Å². The van der Waals surface area contributed by atoms with Gasteiger partial charge in [0.25, 0.3) is 0 Å². The highest BCUT2D eigenvalue weighted by atomic mass is 31.2. The van der Waals surface area contributed by atoms with Crippen LogP contribution in [0.25, 0.3) is 0 Å². The Labute approximate surface area is 61.4 Å². The molecule has 5 heteroatoms. The van der Waals surface area contributed by atoms with Crippen LogP contribution in [0.3, 0.4) is 0 Å². The average molecular weight is 166 g/mol. The first-order valence-electron chi connectivity index (χ1n) is 2.67. The van der Waals surface area contributed by atoms with Gasteiger partial charge in [-0.25, -0.2) is 0 Å². The molecule has 0 bridgehead atoms. The van der Waals surface area contributed by atoms with E-state index < -0.39 is 8.38 Å². The van der Waals surface area contributed by atoms with E-state index in [4.69, 9.17) is 9.05 Å². The SMILES string of the molecule is COC(=O)CP(OC)OC. The second-order valence-electron chi connectivity index (χ2n) is 1.43. The number of hydrogen-bond acceptors (Lipinski definition) is 4. The van der Waals surface area contributed by atoms with Crippen molar-refractivity contribution in [2.75, 3.05) is 27.5 Å². The van der Waals surface area contributed by atoms with E-state index in [0.29, 0.717) is 0 Å². The predicted molar refractivity (Wildman–Crippen MR) is 37.8 cm³/mol. The Balaban J connectivity index is 3.52. The second kappa shape index (κ2) is 5.59. The van der Waals surface area contributed by atoms with Gasteiger partial charge >= 0.3 is 5.97 Å². The first kappa shape index (κ1) is 9.82. The van der Waals surface area contributed by atoms with E-state index in [1.807, 2.05) is 0 Å². The van der Waals surface area contributed by atoms with Crippen molar-refractivity contribution < 1.29 is 18.6 Å². The maximum atomic E-state index is 10.6. The Hall–Kier alpha value is -0.180. The smallest absolute Gasteiger partial charge is 0.314 e. The highest BCUT2D eigenvalue weighted by Crippen LogP contribution is 2.35. The van der Waals surface area contributed by atoms with E-state index in [0.717, 1.165) is 0 Å². The molecule has 0 aromatic heterocycles. The summed E-state index contributed by atoms with van der Waals surface area (Å²) < 4.78 is 14.0. The van der Waals surface area contributed by atoms with E-state index in [1.54, 1.807) is 0 Å². The molecule has 0 aromatic carbocycles. The third kappa shape index (κ3) is 3.77. The number of ether oxygens (including phenoxy) is 1. The lowest BCUT2D eigenvalue weighted by molar-refractivity contribution is -0.137. The van der Waals surface area contributed by atoms with Crippen LogP contribution in [-0.4, -0.2) is 33.5 Å². The summed E-state index contributed by atoms with van der Waals surface area (Å²) >= 11 is 0. The van der Waals surface area contributed by atoms with E-state index >= 15 is 0 Å². The molecule has 0 fully saturated rings. The molecule has 0 aromatic rings. The van der Waals surface area contributed by atoms with Gasteiger partial charge in [0.05, 0.1) is 7.11 Å². The van der Waals surface area contributed by atoms with E-state index in [-0.39, 0.29) is 12.1 Å². The van der Waals surface area contributed by atoms with Gasteiger partial charge in [-0.3, -0.25) is 4.79 Å². The topological polar surface area (TPSA) is 44.8 Å². The fraction of sp³-hybridized carbons (Fsp3) is 0.800. The van der Waals surface area contributed by atoms with Crippen molar-refractivity contribution in [2.24, 2.45) is 0 Å². The van der Waals surface area contributed by atoms with Crippen LogP contribution >= 0.6 is 8.38 Å². The van der Waals surface area contributed by atoms with E-state index in [9.17, 15) is 4.79 Å². The van der Waals surface area contributed by atoms with Gasteiger partial charge in [-0.05, 0) is 0 Å². The molecule has 0 heterocycles. The lowest BCUT2D eigenvalue weighted by Crippen LogP contribution is -2.06. The normalized spacial score (nSPS) is 10.0. The number of hydrogen-bond donors (Lipinski definition) is 0. The van der Waals surface area contributed by atoms with Crippen LogP contribution in [0.1, 0.15) is 0 Å². The standard InChI is InChI=1S/C5H11O4P/c1-7-5(6)4-10(8-2)9-3/h4H2,1-3H3. The van der Waals surface area contributed by atoms with Crippen LogP contribution in [0.2, 0.25) is 0 Å². The van der Waals surface area contributed by atoms with E-state index in [2.05, 4.69) is 4.74 Å². The number of rotatable bonds is 4. The van der Waals surface area contributed by atoms with Crippen LogP contribution in [0.15, 0.2) is 0 Å². The second-order valence-corrected chi connectivity index (χ2v) is 3.14. The lowest BCUT2D eigenvalue weighted by atomic mass is 10.8. The van der Waals surface area contributed by atoms with Crippen LogP contribution in [-0.2, 0) is 18.6 Å². The number of carbonyl (C=O) groups excluding carboxylic acids is 1. The van der Waals surface area contributed by atoms with Gasteiger partial charge in [0, 0.05) is 14.2 Å². The summed E-state index contributed by atoms with van der Waals surface area (Å²) in [7, 11) is 3.25.